The molecule has 0 unspecified atom stereocenters. The number of benzene rings is 2. The summed E-state index contributed by atoms with van der Waals surface area (Å²) in [7, 11) is 0. The lowest BCUT2D eigenvalue weighted by Crippen LogP contribution is -2.15. The van der Waals surface area contributed by atoms with Crippen LogP contribution >= 0.6 is 0 Å². The molecule has 0 spiro atoms. The van der Waals surface area contributed by atoms with Crippen molar-refractivity contribution < 1.29 is 4.74 Å². The van der Waals surface area contributed by atoms with E-state index < -0.39 is 0 Å². The van der Waals surface area contributed by atoms with Crippen molar-refractivity contribution in [1.29, 1.82) is 0 Å². The van der Waals surface area contributed by atoms with Crippen LogP contribution in [-0.2, 0) is 18.6 Å². The molecule has 2 rings (SSSR count). The molecule has 0 heterocycles. The number of hydrogen-bond donors (Lipinski definition) is 1. The zero-order valence-corrected chi connectivity index (χ0v) is 13.2. The van der Waals surface area contributed by atoms with Crippen molar-refractivity contribution in [2.75, 3.05) is 0 Å². The van der Waals surface area contributed by atoms with Crippen molar-refractivity contribution in [3.63, 3.8) is 0 Å². The number of ether oxygens (including phenoxy) is 1. The highest BCUT2D eigenvalue weighted by Gasteiger charge is 2.17. The van der Waals surface area contributed by atoms with E-state index >= 15 is 0 Å². The molecule has 0 saturated heterocycles. The fraction of sp³-hybridized carbons (Fsp3) is 0.368. The summed E-state index contributed by atoms with van der Waals surface area (Å²) in [5.41, 5.74) is 9.60. The first kappa shape index (κ1) is 15.6. The Morgan fingerprint density at radius 3 is 2.14 bits per heavy atom. The minimum Gasteiger partial charge on any atom is -0.489 e. The van der Waals surface area contributed by atoms with E-state index in [9.17, 15) is 0 Å². The van der Waals surface area contributed by atoms with Crippen LogP contribution in [0.15, 0.2) is 48.5 Å². The van der Waals surface area contributed by atoms with Gasteiger partial charge in [0.05, 0.1) is 0 Å². The molecule has 0 aliphatic heterocycles. The third-order valence-electron chi connectivity index (χ3n) is 4.25. The molecule has 0 aliphatic rings. The maximum Gasteiger partial charge on any atom is 0.119 e. The van der Waals surface area contributed by atoms with Gasteiger partial charge >= 0.3 is 0 Å². The molecular formula is C19H25NO. The molecule has 0 atom stereocenters. The monoisotopic (exact) mass is 283 g/mol. The lowest BCUT2D eigenvalue weighted by molar-refractivity contribution is 0.304. The van der Waals surface area contributed by atoms with Crippen molar-refractivity contribution in [3.05, 3.63) is 65.2 Å². The van der Waals surface area contributed by atoms with Gasteiger partial charge < -0.3 is 10.5 Å². The van der Waals surface area contributed by atoms with Gasteiger partial charge in [0.25, 0.3) is 0 Å². The van der Waals surface area contributed by atoms with E-state index in [4.69, 9.17) is 10.5 Å². The summed E-state index contributed by atoms with van der Waals surface area (Å²) in [6, 6.07) is 16.6. The second-order valence-corrected chi connectivity index (χ2v) is 6.02. The zero-order chi connectivity index (χ0) is 15.3. The molecule has 0 amide bonds. The minimum atomic E-state index is 0.213. The molecule has 112 valence electrons. The van der Waals surface area contributed by atoms with Crippen molar-refractivity contribution in [2.45, 2.75) is 45.8 Å². The Balaban J connectivity index is 2.04. The Bertz CT molecular complexity index is 572. The fourth-order valence-electron chi connectivity index (χ4n) is 2.26. The van der Waals surface area contributed by atoms with Crippen LogP contribution in [-0.4, -0.2) is 0 Å². The number of rotatable bonds is 6. The van der Waals surface area contributed by atoms with E-state index in [-0.39, 0.29) is 5.41 Å². The topological polar surface area (TPSA) is 35.2 Å². The Kier molecular flexibility index (Phi) is 5.03. The summed E-state index contributed by atoms with van der Waals surface area (Å²) >= 11 is 0. The Hall–Kier alpha value is -1.80. The van der Waals surface area contributed by atoms with Gasteiger partial charge in [-0.05, 0) is 40.7 Å². The second kappa shape index (κ2) is 6.77. The van der Waals surface area contributed by atoms with E-state index in [1.54, 1.807) is 0 Å². The first-order chi connectivity index (χ1) is 10.1. The van der Waals surface area contributed by atoms with Crippen molar-refractivity contribution >= 4 is 0 Å². The Morgan fingerprint density at radius 1 is 0.952 bits per heavy atom. The standard InChI is InChI=1S/C19H25NO/c1-4-19(2,3)17-9-11-18(12-10-17)21-14-16-8-6-5-7-15(16)13-20/h5-12H,4,13-14,20H2,1-3H3. The van der Waals surface area contributed by atoms with Crippen molar-refractivity contribution in [3.8, 4) is 5.75 Å². The van der Waals surface area contributed by atoms with Crippen LogP contribution < -0.4 is 10.5 Å². The van der Waals surface area contributed by atoms with Gasteiger partial charge in [-0.3, -0.25) is 0 Å². The van der Waals surface area contributed by atoms with Gasteiger partial charge in [-0.1, -0.05) is 57.2 Å². The van der Waals surface area contributed by atoms with E-state index in [1.807, 2.05) is 18.2 Å². The highest BCUT2D eigenvalue weighted by Crippen LogP contribution is 2.28. The van der Waals surface area contributed by atoms with Crippen LogP contribution in [0.1, 0.15) is 43.9 Å². The van der Waals surface area contributed by atoms with Gasteiger partial charge in [0.15, 0.2) is 0 Å². The minimum absolute atomic E-state index is 0.213. The summed E-state index contributed by atoms with van der Waals surface area (Å²) in [6.07, 6.45) is 1.12. The van der Waals surface area contributed by atoms with Gasteiger partial charge in [0.1, 0.15) is 12.4 Å². The Morgan fingerprint density at radius 2 is 1.57 bits per heavy atom. The second-order valence-electron chi connectivity index (χ2n) is 6.02. The molecule has 21 heavy (non-hydrogen) atoms. The highest BCUT2D eigenvalue weighted by atomic mass is 16.5. The summed E-state index contributed by atoms with van der Waals surface area (Å²) < 4.78 is 5.88. The van der Waals surface area contributed by atoms with E-state index in [2.05, 4.69) is 51.1 Å². The fourth-order valence-corrected chi connectivity index (χ4v) is 2.26. The third kappa shape index (κ3) is 3.85. The lowest BCUT2D eigenvalue weighted by Gasteiger charge is -2.23. The molecule has 2 aromatic carbocycles. The molecule has 0 aliphatic carbocycles. The van der Waals surface area contributed by atoms with Crippen LogP contribution in [0, 0.1) is 0 Å². The summed E-state index contributed by atoms with van der Waals surface area (Å²) in [5.74, 6) is 0.900. The van der Waals surface area contributed by atoms with Crippen LogP contribution in [0.25, 0.3) is 0 Å². The molecule has 2 heteroatoms. The maximum atomic E-state index is 5.88. The average Bonchev–Trinajstić information content (AvgIpc) is 2.53. The third-order valence-corrected chi connectivity index (χ3v) is 4.25. The molecule has 0 aromatic heterocycles. The zero-order valence-electron chi connectivity index (χ0n) is 13.2. The normalized spacial score (nSPS) is 11.4. The maximum absolute atomic E-state index is 5.88. The van der Waals surface area contributed by atoms with Crippen LogP contribution in [0.2, 0.25) is 0 Å². The predicted octanol–water partition coefficient (Wildman–Crippen LogP) is 4.41. The Labute approximate surface area is 127 Å². The largest absolute Gasteiger partial charge is 0.489 e. The average molecular weight is 283 g/mol. The molecule has 2 aromatic rings. The van der Waals surface area contributed by atoms with Crippen LogP contribution in [0.3, 0.4) is 0 Å². The van der Waals surface area contributed by atoms with E-state index in [0.29, 0.717) is 13.2 Å². The molecule has 0 bridgehead atoms. The molecule has 2 nitrogen and oxygen atoms in total. The predicted molar refractivity (Wildman–Crippen MR) is 88.4 cm³/mol. The van der Waals surface area contributed by atoms with Crippen molar-refractivity contribution in [2.24, 2.45) is 5.73 Å². The molecular weight excluding hydrogens is 258 g/mol. The molecule has 2 N–H and O–H groups in total. The molecule has 0 fully saturated rings. The first-order valence-corrected chi connectivity index (χ1v) is 7.57. The highest BCUT2D eigenvalue weighted by molar-refractivity contribution is 5.32. The van der Waals surface area contributed by atoms with Crippen LogP contribution in [0.5, 0.6) is 5.75 Å². The smallest absolute Gasteiger partial charge is 0.119 e. The quantitative estimate of drug-likeness (QED) is 0.852. The van der Waals surface area contributed by atoms with Crippen molar-refractivity contribution in [1.82, 2.24) is 0 Å². The van der Waals surface area contributed by atoms with Crippen LogP contribution in [0.4, 0.5) is 0 Å². The first-order valence-electron chi connectivity index (χ1n) is 7.57. The van der Waals surface area contributed by atoms with E-state index in [0.717, 1.165) is 23.3 Å². The summed E-state index contributed by atoms with van der Waals surface area (Å²) in [5, 5.41) is 0. The molecule has 0 radical (unpaired) electrons. The number of nitrogens with two attached hydrogens (primary N) is 1. The number of hydrogen-bond acceptors (Lipinski definition) is 2. The SMILES string of the molecule is CCC(C)(C)c1ccc(OCc2ccccc2CN)cc1. The van der Waals surface area contributed by atoms with Gasteiger partial charge in [-0.25, -0.2) is 0 Å². The summed E-state index contributed by atoms with van der Waals surface area (Å²) in [6.45, 7) is 7.85. The van der Waals surface area contributed by atoms with Gasteiger partial charge in [0.2, 0.25) is 0 Å². The van der Waals surface area contributed by atoms with Gasteiger partial charge in [-0.2, -0.15) is 0 Å². The van der Waals surface area contributed by atoms with Gasteiger partial charge in [-0.15, -0.1) is 0 Å². The van der Waals surface area contributed by atoms with Gasteiger partial charge in [0, 0.05) is 6.54 Å². The summed E-state index contributed by atoms with van der Waals surface area (Å²) in [4.78, 5) is 0. The van der Waals surface area contributed by atoms with E-state index in [1.165, 1.54) is 5.56 Å². The molecule has 0 saturated carbocycles. The lowest BCUT2D eigenvalue weighted by atomic mass is 9.82.